The molecule has 0 aliphatic heterocycles. The molecule has 1 heterocycles. The number of nitrogens with zero attached hydrogens (tertiary/aromatic N) is 3. The molecule has 0 spiro atoms. The molecule has 0 saturated heterocycles. The first kappa shape index (κ1) is 15.5. The summed E-state index contributed by atoms with van der Waals surface area (Å²) in [6, 6.07) is 11.9. The van der Waals surface area contributed by atoms with Crippen molar-refractivity contribution in [1.29, 1.82) is 0 Å². The van der Waals surface area contributed by atoms with Gasteiger partial charge in [-0.2, -0.15) is 0 Å². The van der Waals surface area contributed by atoms with Crippen molar-refractivity contribution in [3.63, 3.8) is 0 Å². The molecule has 1 aromatic carbocycles. The first-order valence-corrected chi connectivity index (χ1v) is 8.28. The number of carbonyl (C=O) groups is 1. The summed E-state index contributed by atoms with van der Waals surface area (Å²) in [6.07, 6.45) is 0. The second-order valence-corrected chi connectivity index (χ2v) is 6.66. The Labute approximate surface area is 130 Å². The Balaban J connectivity index is 2.42. The zero-order valence-corrected chi connectivity index (χ0v) is 14.0. The Bertz CT molecular complexity index is 636. The van der Waals surface area contributed by atoms with Crippen molar-refractivity contribution in [3.8, 4) is 10.0 Å². The second-order valence-electron chi connectivity index (χ2n) is 4.45. The van der Waals surface area contributed by atoms with Gasteiger partial charge in [0.05, 0.1) is 0 Å². The molecule has 0 aliphatic rings. The van der Waals surface area contributed by atoms with Crippen LogP contribution in [-0.4, -0.2) is 46.2 Å². The van der Waals surface area contributed by atoms with Crippen LogP contribution in [0.5, 0.6) is 0 Å². The van der Waals surface area contributed by atoms with Crippen LogP contribution in [0.1, 0.15) is 16.2 Å². The fourth-order valence-electron chi connectivity index (χ4n) is 1.68. The first-order chi connectivity index (χ1) is 10.1. The average molecular weight is 350 g/mol. The van der Waals surface area contributed by atoms with E-state index >= 15 is 0 Å². The van der Waals surface area contributed by atoms with Gasteiger partial charge in [-0.3, -0.25) is 0 Å². The normalized spacial score (nSPS) is 10.8. The molecule has 0 unspecified atom stereocenters. The number of hydrogen-bond acceptors (Lipinski definition) is 4. The minimum absolute atomic E-state index is 0.117. The molecular weight excluding hydrogens is 333 g/mol. The van der Waals surface area contributed by atoms with E-state index in [1.54, 1.807) is 26.0 Å². The molecule has 2 rings (SSSR count). The van der Waals surface area contributed by atoms with Crippen LogP contribution < -0.4 is 0 Å². The van der Waals surface area contributed by atoms with Gasteiger partial charge >= 0.3 is 130 Å². The molecule has 0 saturated carbocycles. The van der Waals surface area contributed by atoms with Crippen LogP contribution in [0.4, 0.5) is 5.69 Å². The fourth-order valence-corrected chi connectivity index (χ4v) is 3.76. The van der Waals surface area contributed by atoms with Gasteiger partial charge in [0.25, 0.3) is 0 Å². The monoisotopic (exact) mass is 351 g/mol. The van der Waals surface area contributed by atoms with Gasteiger partial charge in [-0.15, -0.1) is 0 Å². The van der Waals surface area contributed by atoms with Crippen LogP contribution in [0.15, 0.2) is 46.7 Å². The maximum atomic E-state index is 12.1. The second kappa shape index (κ2) is 7.20. The Morgan fingerprint density at radius 3 is 2.62 bits per heavy atom. The molecule has 110 valence electrons. The van der Waals surface area contributed by atoms with Crippen LogP contribution >= 0.6 is 0 Å². The van der Waals surface area contributed by atoms with Crippen molar-refractivity contribution in [2.24, 2.45) is 10.3 Å². The molecule has 5 nitrogen and oxygen atoms in total. The third kappa shape index (κ3) is 4.03. The molecule has 0 N–H and O–H groups in total. The summed E-state index contributed by atoms with van der Waals surface area (Å²) >= 11 is -0.117. The Kier molecular flexibility index (Phi) is 5.31. The predicted octanol–water partition coefficient (Wildman–Crippen LogP) is 3.15. The van der Waals surface area contributed by atoms with Crippen molar-refractivity contribution < 1.29 is 9.53 Å². The average Bonchev–Trinajstić information content (AvgIpc) is 2.90. The number of ether oxygens (including phenoxy) is 1. The van der Waals surface area contributed by atoms with Crippen molar-refractivity contribution in [1.82, 2.24) is 5.01 Å². The van der Waals surface area contributed by atoms with Crippen LogP contribution in [0.2, 0.25) is 0 Å². The topological polar surface area (TPSA) is 54.3 Å². The van der Waals surface area contributed by atoms with Crippen molar-refractivity contribution >= 4 is 26.2 Å². The van der Waals surface area contributed by atoms with Crippen molar-refractivity contribution in [2.75, 3.05) is 20.7 Å². The van der Waals surface area contributed by atoms with Gasteiger partial charge in [0.15, 0.2) is 0 Å². The summed E-state index contributed by atoms with van der Waals surface area (Å²) in [5.41, 5.74) is 1.70. The van der Waals surface area contributed by atoms with Crippen molar-refractivity contribution in [2.45, 2.75) is 6.92 Å². The molecule has 0 atom stereocenters. The van der Waals surface area contributed by atoms with Gasteiger partial charge in [-0.05, 0) is 0 Å². The summed E-state index contributed by atoms with van der Waals surface area (Å²) in [5, 5.41) is 9.73. The molecule has 0 aliphatic carbocycles. The molecule has 0 bridgehead atoms. The summed E-state index contributed by atoms with van der Waals surface area (Å²) in [6.45, 7) is 2.16. The van der Waals surface area contributed by atoms with Crippen LogP contribution in [0.3, 0.4) is 0 Å². The van der Waals surface area contributed by atoms with E-state index in [9.17, 15) is 4.79 Å². The van der Waals surface area contributed by atoms with E-state index in [1.165, 1.54) is 0 Å². The van der Waals surface area contributed by atoms with Crippen LogP contribution in [0, 0.1) is 0 Å². The number of esters is 1. The summed E-state index contributed by atoms with van der Waals surface area (Å²) in [7, 11) is 3.58. The number of carbonyl (C=O) groups excluding carboxylic acids is 1. The Morgan fingerprint density at radius 2 is 2.00 bits per heavy atom. The molecule has 21 heavy (non-hydrogen) atoms. The quantitative estimate of drug-likeness (QED) is 0.360. The molecular formula is C15H17N3O2Se. The van der Waals surface area contributed by atoms with Crippen LogP contribution in [-0.2, 0) is 4.74 Å². The zero-order chi connectivity index (χ0) is 15.2. The van der Waals surface area contributed by atoms with Gasteiger partial charge in [0.2, 0.25) is 0 Å². The Morgan fingerprint density at radius 1 is 1.29 bits per heavy atom. The molecule has 0 radical (unpaired) electrons. The van der Waals surface area contributed by atoms with E-state index in [0.29, 0.717) is 16.7 Å². The van der Waals surface area contributed by atoms with Crippen LogP contribution in [0.25, 0.3) is 10.0 Å². The third-order valence-electron chi connectivity index (χ3n) is 2.56. The number of benzene rings is 1. The zero-order valence-electron chi connectivity index (χ0n) is 12.2. The molecule has 6 heteroatoms. The van der Waals surface area contributed by atoms with E-state index in [-0.39, 0.29) is 20.5 Å². The van der Waals surface area contributed by atoms with Gasteiger partial charge in [-0.1, -0.05) is 0 Å². The summed E-state index contributed by atoms with van der Waals surface area (Å²) < 4.78 is 6.85. The van der Waals surface area contributed by atoms with Gasteiger partial charge in [0.1, 0.15) is 0 Å². The van der Waals surface area contributed by atoms with Crippen molar-refractivity contribution in [3.05, 3.63) is 40.8 Å². The van der Waals surface area contributed by atoms with E-state index in [0.717, 1.165) is 10.0 Å². The maximum absolute atomic E-state index is 12.1. The minimum atomic E-state index is -0.299. The van der Waals surface area contributed by atoms with E-state index in [4.69, 9.17) is 4.74 Å². The molecule has 0 amide bonds. The fraction of sp³-hybridized carbons (Fsp3) is 0.267. The molecule has 2 aromatic rings. The van der Waals surface area contributed by atoms with E-state index in [2.05, 4.69) is 10.3 Å². The van der Waals surface area contributed by atoms with E-state index < -0.39 is 0 Å². The predicted molar refractivity (Wildman–Crippen MR) is 83.0 cm³/mol. The number of hydrogen-bond donors (Lipinski definition) is 0. The summed E-state index contributed by atoms with van der Waals surface area (Å²) in [5.74, 6) is -0.299. The van der Waals surface area contributed by atoms with Gasteiger partial charge < -0.3 is 0 Å². The first-order valence-electron chi connectivity index (χ1n) is 6.57. The number of rotatable bonds is 5. The third-order valence-corrected chi connectivity index (χ3v) is 4.98. The standard InChI is InChI=1S/C15H17N3O2Se/c1-4-20-15(19)14-12(16-17-18(2)3)10-13(21-14)11-8-6-5-7-9-11/h5-10H,4H2,1-3H3/b17-16+. The van der Waals surface area contributed by atoms with E-state index in [1.807, 2.05) is 36.4 Å². The molecule has 0 fully saturated rings. The Hall–Kier alpha value is -1.91. The van der Waals surface area contributed by atoms with Gasteiger partial charge in [0, 0.05) is 0 Å². The SMILES string of the molecule is CCOC(=O)c1[se]c(-c2ccccc2)cc1/N=N/N(C)C. The van der Waals surface area contributed by atoms with Gasteiger partial charge in [-0.25, -0.2) is 0 Å². The molecule has 1 aromatic heterocycles. The summed E-state index contributed by atoms with van der Waals surface area (Å²) in [4.78, 5) is 12.1.